The minimum absolute atomic E-state index is 0.150. The minimum atomic E-state index is 0.150. The molecule has 0 aliphatic carbocycles. The summed E-state index contributed by atoms with van der Waals surface area (Å²) in [5.41, 5.74) is 1.48. The Morgan fingerprint density at radius 1 is 1.10 bits per heavy atom. The van der Waals surface area contributed by atoms with E-state index in [1.165, 1.54) is 5.56 Å². The molecule has 1 atom stereocenters. The first kappa shape index (κ1) is 17.1. The van der Waals surface area contributed by atoms with Gasteiger partial charge in [0.15, 0.2) is 0 Å². The van der Waals surface area contributed by atoms with Gasteiger partial charge in [-0.05, 0) is 65.2 Å². The average Bonchev–Trinajstić information content (AvgIpc) is 2.28. The van der Waals surface area contributed by atoms with Crippen LogP contribution in [0, 0.1) is 0 Å². The highest BCUT2D eigenvalue weighted by Crippen LogP contribution is 2.31. The number of nitrogens with one attached hydrogen (secondary N) is 2. The van der Waals surface area contributed by atoms with Gasteiger partial charge in [-0.3, -0.25) is 0 Å². The molecule has 1 aliphatic rings. The molecule has 1 saturated heterocycles. The zero-order valence-electron chi connectivity index (χ0n) is 13.6. The molecular formula is C17H26Cl2N2. The summed E-state index contributed by atoms with van der Waals surface area (Å²) in [6.45, 7) is 11.3. The third-order valence-electron chi connectivity index (χ3n) is 4.12. The monoisotopic (exact) mass is 328 g/mol. The van der Waals surface area contributed by atoms with Crippen LogP contribution in [0.15, 0.2) is 18.2 Å². The van der Waals surface area contributed by atoms with E-state index in [1.807, 2.05) is 18.2 Å². The van der Waals surface area contributed by atoms with E-state index in [9.17, 15) is 0 Å². The molecule has 0 bridgehead atoms. The van der Waals surface area contributed by atoms with Gasteiger partial charge in [0.05, 0.1) is 10.0 Å². The number of hydrogen-bond acceptors (Lipinski definition) is 2. The van der Waals surface area contributed by atoms with Crippen molar-refractivity contribution in [2.45, 2.75) is 70.6 Å². The van der Waals surface area contributed by atoms with E-state index in [1.54, 1.807) is 0 Å². The van der Waals surface area contributed by atoms with Crippen LogP contribution in [0.5, 0.6) is 0 Å². The molecule has 0 saturated carbocycles. The summed E-state index contributed by atoms with van der Waals surface area (Å²) < 4.78 is 0. The maximum atomic E-state index is 6.12. The van der Waals surface area contributed by atoms with Crippen LogP contribution in [0.2, 0.25) is 10.0 Å². The maximum Gasteiger partial charge on any atom is 0.0595 e. The fourth-order valence-electron chi connectivity index (χ4n) is 3.67. The minimum Gasteiger partial charge on any atom is -0.307 e. The van der Waals surface area contributed by atoms with Gasteiger partial charge in [0.25, 0.3) is 0 Å². The van der Waals surface area contributed by atoms with E-state index in [0.717, 1.165) is 12.8 Å². The first-order valence-electron chi connectivity index (χ1n) is 7.58. The molecule has 0 spiro atoms. The second kappa shape index (κ2) is 6.08. The molecule has 1 heterocycles. The van der Waals surface area contributed by atoms with Crippen molar-refractivity contribution >= 4 is 23.2 Å². The van der Waals surface area contributed by atoms with Gasteiger partial charge in [-0.15, -0.1) is 0 Å². The third kappa shape index (κ3) is 4.59. The highest BCUT2D eigenvalue weighted by atomic mass is 35.5. The Morgan fingerprint density at radius 3 is 2.19 bits per heavy atom. The summed E-state index contributed by atoms with van der Waals surface area (Å²) >= 11 is 12.1. The average molecular weight is 329 g/mol. The van der Waals surface area contributed by atoms with Gasteiger partial charge in [0.1, 0.15) is 0 Å². The highest BCUT2D eigenvalue weighted by molar-refractivity contribution is 6.42. The standard InChI is InChI=1S/C17H26Cl2N2/c1-11(12-6-7-14(18)15(19)8-12)20-13-9-16(2,3)21-17(4,5)10-13/h6-8,11,13,20-21H,9-10H2,1-5H3. The first-order chi connectivity index (χ1) is 9.58. The molecule has 1 aromatic rings. The molecule has 21 heavy (non-hydrogen) atoms. The van der Waals surface area contributed by atoms with Gasteiger partial charge >= 0.3 is 0 Å². The van der Waals surface area contributed by atoms with Crippen LogP contribution in [0.25, 0.3) is 0 Å². The molecule has 4 heteroatoms. The summed E-state index contributed by atoms with van der Waals surface area (Å²) in [6, 6.07) is 6.62. The number of halogens is 2. The summed E-state index contributed by atoms with van der Waals surface area (Å²) in [5, 5.41) is 8.69. The number of rotatable bonds is 3. The van der Waals surface area contributed by atoms with Crippen molar-refractivity contribution in [1.82, 2.24) is 10.6 Å². The highest BCUT2D eigenvalue weighted by Gasteiger charge is 2.37. The zero-order valence-corrected chi connectivity index (χ0v) is 15.1. The molecule has 0 amide bonds. The van der Waals surface area contributed by atoms with Crippen molar-refractivity contribution in [2.24, 2.45) is 0 Å². The van der Waals surface area contributed by atoms with Gasteiger partial charge in [-0.1, -0.05) is 29.3 Å². The Hall–Kier alpha value is -0.280. The molecule has 2 rings (SSSR count). The fourth-order valence-corrected chi connectivity index (χ4v) is 3.98. The van der Waals surface area contributed by atoms with Crippen LogP contribution in [-0.2, 0) is 0 Å². The van der Waals surface area contributed by atoms with Gasteiger partial charge in [0.2, 0.25) is 0 Å². The molecule has 1 aliphatic heterocycles. The molecular weight excluding hydrogens is 303 g/mol. The number of benzene rings is 1. The summed E-state index contributed by atoms with van der Waals surface area (Å²) in [6.07, 6.45) is 2.23. The number of hydrogen-bond donors (Lipinski definition) is 2. The fraction of sp³-hybridized carbons (Fsp3) is 0.647. The van der Waals surface area contributed by atoms with Crippen LogP contribution in [0.4, 0.5) is 0 Å². The van der Waals surface area contributed by atoms with E-state index >= 15 is 0 Å². The van der Waals surface area contributed by atoms with Crippen LogP contribution >= 0.6 is 23.2 Å². The maximum absolute atomic E-state index is 6.12. The second-order valence-corrected chi connectivity index (χ2v) is 8.37. The lowest BCUT2D eigenvalue weighted by molar-refractivity contribution is 0.141. The molecule has 118 valence electrons. The quantitative estimate of drug-likeness (QED) is 0.819. The van der Waals surface area contributed by atoms with Crippen molar-refractivity contribution in [3.8, 4) is 0 Å². The normalized spacial score (nSPS) is 23.0. The third-order valence-corrected chi connectivity index (χ3v) is 4.86. The summed E-state index contributed by atoms with van der Waals surface area (Å²) in [7, 11) is 0. The topological polar surface area (TPSA) is 24.1 Å². The molecule has 2 N–H and O–H groups in total. The van der Waals surface area contributed by atoms with Crippen LogP contribution in [0.1, 0.15) is 59.1 Å². The van der Waals surface area contributed by atoms with E-state index in [-0.39, 0.29) is 17.1 Å². The predicted octanol–water partition coefficient (Wildman–Crippen LogP) is 4.95. The Labute approximate surface area is 138 Å². The molecule has 1 unspecified atom stereocenters. The Kier molecular flexibility index (Phi) is 4.94. The Bertz CT molecular complexity index is 496. The predicted molar refractivity (Wildman–Crippen MR) is 92.3 cm³/mol. The summed E-state index contributed by atoms with van der Waals surface area (Å²) in [4.78, 5) is 0. The van der Waals surface area contributed by atoms with Crippen LogP contribution in [-0.4, -0.2) is 17.1 Å². The van der Waals surface area contributed by atoms with Crippen LogP contribution < -0.4 is 10.6 Å². The van der Waals surface area contributed by atoms with Crippen molar-refractivity contribution in [3.63, 3.8) is 0 Å². The summed E-state index contributed by atoms with van der Waals surface area (Å²) in [5.74, 6) is 0. The molecule has 0 radical (unpaired) electrons. The Morgan fingerprint density at radius 2 is 1.67 bits per heavy atom. The van der Waals surface area contributed by atoms with E-state index in [2.05, 4.69) is 45.3 Å². The zero-order chi connectivity index (χ0) is 15.8. The lowest BCUT2D eigenvalue weighted by Gasteiger charge is -2.47. The van der Waals surface area contributed by atoms with Crippen molar-refractivity contribution in [2.75, 3.05) is 0 Å². The van der Waals surface area contributed by atoms with E-state index in [4.69, 9.17) is 23.2 Å². The van der Waals surface area contributed by atoms with Crippen molar-refractivity contribution < 1.29 is 0 Å². The first-order valence-corrected chi connectivity index (χ1v) is 8.34. The van der Waals surface area contributed by atoms with Gasteiger partial charge in [0, 0.05) is 23.2 Å². The lowest BCUT2D eigenvalue weighted by atomic mass is 9.79. The number of piperidine rings is 1. The smallest absolute Gasteiger partial charge is 0.0595 e. The van der Waals surface area contributed by atoms with Gasteiger partial charge in [-0.25, -0.2) is 0 Å². The van der Waals surface area contributed by atoms with Crippen molar-refractivity contribution in [1.29, 1.82) is 0 Å². The molecule has 2 nitrogen and oxygen atoms in total. The Balaban J connectivity index is 2.08. The lowest BCUT2D eigenvalue weighted by Crippen LogP contribution is -2.61. The SMILES string of the molecule is CC(NC1CC(C)(C)NC(C)(C)C1)c1ccc(Cl)c(Cl)c1. The van der Waals surface area contributed by atoms with Gasteiger partial charge in [-0.2, -0.15) is 0 Å². The molecule has 1 aromatic carbocycles. The van der Waals surface area contributed by atoms with Crippen LogP contribution in [0.3, 0.4) is 0 Å². The molecule has 1 fully saturated rings. The second-order valence-electron chi connectivity index (χ2n) is 7.56. The molecule has 0 aromatic heterocycles. The largest absolute Gasteiger partial charge is 0.307 e. The van der Waals surface area contributed by atoms with Crippen molar-refractivity contribution in [3.05, 3.63) is 33.8 Å². The van der Waals surface area contributed by atoms with E-state index < -0.39 is 0 Å². The van der Waals surface area contributed by atoms with E-state index in [0.29, 0.717) is 16.1 Å². The van der Waals surface area contributed by atoms with Gasteiger partial charge < -0.3 is 10.6 Å².